The standard InChI is InChI=1S/C47H55N7O5.5H2S/c1-26(2)28(5)44(55)54-24-47(18-8-20-59-25-47)23-38(54)43-49-36-17-13-32-22-30(11-15-34(32)41(36)51-43)29-10-14-33-31(21-29)12-16-35-40(33)50-42(48-35)37-9-7-19-53(37)45(56)39(27(3)4)52-46(57)58-6;;;;;/h10-17,21-22,26-28,37-39H,7-9,18-20,23-25H2,1-6H3,(H,48,50)(H,49,51)(H,52,57);5*1H2/t28-,37-,38-,39-,47-;;;;;/m0...../s1. The first-order valence-electron chi connectivity index (χ1n) is 21.3. The molecule has 2 aromatic heterocycles. The lowest BCUT2D eigenvalue weighted by molar-refractivity contribution is -0.138. The number of methoxy groups -OCH3 is 1. The third kappa shape index (κ3) is 9.71. The molecule has 348 valence electrons. The molecule has 3 amide bonds. The molecular weight excluding hydrogens is 903 g/mol. The molecule has 1 spiro atoms. The molecule has 0 saturated carbocycles. The highest BCUT2D eigenvalue weighted by atomic mass is 32.1. The van der Waals surface area contributed by atoms with E-state index in [4.69, 9.17) is 19.4 Å². The topological polar surface area (TPSA) is 146 Å². The number of aromatic nitrogens is 4. The fourth-order valence-corrected chi connectivity index (χ4v) is 9.78. The normalized spacial score (nSPS) is 20.4. The molecule has 3 fully saturated rings. The van der Waals surface area contributed by atoms with Gasteiger partial charge in [-0.3, -0.25) is 9.59 Å². The van der Waals surface area contributed by atoms with Crippen LogP contribution in [0.15, 0.2) is 60.7 Å². The summed E-state index contributed by atoms with van der Waals surface area (Å²) >= 11 is 0. The minimum Gasteiger partial charge on any atom is -0.453 e. The van der Waals surface area contributed by atoms with Crippen LogP contribution in [-0.4, -0.2) is 87.1 Å². The number of amides is 3. The maximum Gasteiger partial charge on any atom is 0.407 e. The van der Waals surface area contributed by atoms with Gasteiger partial charge in [-0.25, -0.2) is 14.8 Å². The number of hydrogen-bond acceptors (Lipinski definition) is 7. The average Bonchev–Trinajstić information content (AvgIpc) is 4.06. The summed E-state index contributed by atoms with van der Waals surface area (Å²) in [6.45, 7) is 12.9. The Morgan fingerprint density at radius 3 is 1.84 bits per heavy atom. The SMILES string of the molecule is COC(=O)N[C@H](C(=O)N1CCC[C@H]1c1nc2c(ccc3cc(-c4ccc5c(ccc6[nH]c([C@@H]7C[C@@]8(CCCOC8)CN7C(=O)[C@@H](C)C(C)C)nc65)c4)ccc32)[nH]1)C(C)C.S.S.S.S.S. The van der Waals surface area contributed by atoms with Gasteiger partial charge in [0.15, 0.2) is 0 Å². The van der Waals surface area contributed by atoms with Crippen LogP contribution in [-0.2, 0) is 19.1 Å². The smallest absolute Gasteiger partial charge is 0.407 e. The number of nitrogens with one attached hydrogen (secondary N) is 3. The molecule has 0 radical (unpaired) electrons. The second-order valence-electron chi connectivity index (χ2n) is 18.0. The number of H-pyrrole nitrogens is 2. The molecule has 5 heterocycles. The molecule has 0 aliphatic carbocycles. The van der Waals surface area contributed by atoms with E-state index in [1.54, 1.807) is 0 Å². The number of aromatic amines is 2. The van der Waals surface area contributed by atoms with Crippen molar-refractivity contribution >= 4 is 129 Å². The van der Waals surface area contributed by atoms with Gasteiger partial charge in [-0.1, -0.05) is 71.0 Å². The molecule has 3 N–H and O–H groups in total. The fraction of sp³-hybridized carbons (Fsp3) is 0.468. The molecule has 0 bridgehead atoms. The van der Waals surface area contributed by atoms with Crippen molar-refractivity contribution in [1.29, 1.82) is 0 Å². The molecule has 64 heavy (non-hydrogen) atoms. The molecule has 9 rings (SSSR count). The van der Waals surface area contributed by atoms with Crippen molar-refractivity contribution < 1.29 is 23.9 Å². The number of alkyl carbamates (subject to hydrolysis) is 1. The van der Waals surface area contributed by atoms with Gasteiger partial charge in [0.25, 0.3) is 0 Å². The molecule has 6 aromatic rings. The third-order valence-electron chi connectivity index (χ3n) is 13.4. The van der Waals surface area contributed by atoms with Gasteiger partial charge in [-0.05, 0) is 90.1 Å². The number of nitrogens with zero attached hydrogens (tertiary/aromatic N) is 4. The van der Waals surface area contributed by atoms with Crippen molar-refractivity contribution in [3.8, 4) is 11.1 Å². The van der Waals surface area contributed by atoms with Gasteiger partial charge < -0.3 is 34.6 Å². The van der Waals surface area contributed by atoms with Crippen LogP contribution in [0.2, 0.25) is 0 Å². The van der Waals surface area contributed by atoms with Crippen molar-refractivity contribution in [3.63, 3.8) is 0 Å². The number of carbonyl (C=O) groups excluding carboxylic acids is 3. The van der Waals surface area contributed by atoms with Gasteiger partial charge in [0.2, 0.25) is 11.8 Å². The molecule has 5 atom stereocenters. The summed E-state index contributed by atoms with van der Waals surface area (Å²) in [6.07, 6.45) is 3.97. The largest absolute Gasteiger partial charge is 0.453 e. The lowest BCUT2D eigenvalue weighted by Crippen LogP contribution is -2.51. The van der Waals surface area contributed by atoms with Crippen LogP contribution in [0.25, 0.3) is 54.7 Å². The van der Waals surface area contributed by atoms with E-state index in [0.717, 1.165) is 105 Å². The van der Waals surface area contributed by atoms with E-state index >= 15 is 0 Å². The van der Waals surface area contributed by atoms with Crippen molar-refractivity contribution in [2.24, 2.45) is 23.2 Å². The van der Waals surface area contributed by atoms with Crippen LogP contribution in [0.5, 0.6) is 0 Å². The maximum atomic E-state index is 13.9. The third-order valence-corrected chi connectivity index (χ3v) is 13.4. The average molecular weight is 968 g/mol. The Morgan fingerprint density at radius 1 is 0.750 bits per heavy atom. The highest BCUT2D eigenvalue weighted by Gasteiger charge is 2.49. The maximum absolute atomic E-state index is 13.9. The van der Waals surface area contributed by atoms with Gasteiger partial charge in [-0.15, -0.1) is 0 Å². The highest BCUT2D eigenvalue weighted by Crippen LogP contribution is 2.48. The first kappa shape index (κ1) is 52.9. The van der Waals surface area contributed by atoms with Crippen LogP contribution in [0, 0.1) is 23.2 Å². The van der Waals surface area contributed by atoms with Gasteiger partial charge in [0, 0.05) is 41.8 Å². The summed E-state index contributed by atoms with van der Waals surface area (Å²) in [4.78, 5) is 61.1. The zero-order valence-electron chi connectivity index (χ0n) is 37.4. The Bertz CT molecular complexity index is 2610. The number of fused-ring (bicyclic) bond motifs is 6. The van der Waals surface area contributed by atoms with Crippen LogP contribution in [0.3, 0.4) is 0 Å². The lowest BCUT2D eigenvalue weighted by Gasteiger charge is -2.33. The summed E-state index contributed by atoms with van der Waals surface area (Å²) in [5.41, 5.74) is 5.86. The predicted octanol–water partition coefficient (Wildman–Crippen LogP) is 9.38. The molecule has 17 heteroatoms. The second kappa shape index (κ2) is 21.3. The Kier molecular flexibility index (Phi) is 17.6. The summed E-state index contributed by atoms with van der Waals surface area (Å²) in [5, 5.41) is 7.01. The van der Waals surface area contributed by atoms with E-state index in [9.17, 15) is 14.4 Å². The molecule has 3 saturated heterocycles. The van der Waals surface area contributed by atoms with Crippen molar-refractivity contribution in [2.75, 3.05) is 33.4 Å². The zero-order chi connectivity index (χ0) is 41.2. The minimum atomic E-state index is -0.687. The van der Waals surface area contributed by atoms with E-state index in [-0.39, 0.29) is 115 Å². The van der Waals surface area contributed by atoms with E-state index < -0.39 is 12.1 Å². The van der Waals surface area contributed by atoms with Crippen molar-refractivity contribution in [2.45, 2.75) is 84.8 Å². The van der Waals surface area contributed by atoms with E-state index in [0.29, 0.717) is 19.7 Å². The molecule has 3 aliphatic heterocycles. The van der Waals surface area contributed by atoms with Gasteiger partial charge in [0.05, 0.1) is 47.9 Å². The minimum absolute atomic E-state index is 0. The first-order valence-corrected chi connectivity index (χ1v) is 21.3. The zero-order valence-corrected chi connectivity index (χ0v) is 42.4. The van der Waals surface area contributed by atoms with E-state index in [1.807, 2.05) is 25.7 Å². The number of hydrogen-bond donors (Lipinski definition) is 3. The number of benzene rings is 4. The second-order valence-corrected chi connectivity index (χ2v) is 18.0. The van der Waals surface area contributed by atoms with E-state index in [2.05, 4.69) is 94.7 Å². The van der Waals surface area contributed by atoms with Crippen LogP contribution in [0.1, 0.15) is 90.5 Å². The monoisotopic (exact) mass is 967 g/mol. The van der Waals surface area contributed by atoms with Gasteiger partial charge >= 0.3 is 6.09 Å². The van der Waals surface area contributed by atoms with E-state index in [1.165, 1.54) is 7.11 Å². The van der Waals surface area contributed by atoms with Crippen molar-refractivity contribution in [3.05, 3.63) is 72.3 Å². The van der Waals surface area contributed by atoms with Crippen LogP contribution in [0.4, 0.5) is 4.79 Å². The summed E-state index contributed by atoms with van der Waals surface area (Å²) in [5.74, 6) is 1.77. The summed E-state index contributed by atoms with van der Waals surface area (Å²) < 4.78 is 10.8. The molecule has 12 nitrogen and oxygen atoms in total. The summed E-state index contributed by atoms with van der Waals surface area (Å²) in [7, 11) is 1.30. The molecule has 4 aromatic carbocycles. The molecular formula is C47H65N7O5S5. The number of rotatable bonds is 8. The number of imidazole rings is 2. The fourth-order valence-electron chi connectivity index (χ4n) is 9.78. The quantitative estimate of drug-likeness (QED) is 0.138. The Morgan fingerprint density at radius 2 is 1.33 bits per heavy atom. The predicted molar refractivity (Wildman–Crippen MR) is 282 cm³/mol. The number of likely N-dealkylation sites (tertiary alicyclic amines) is 2. The molecule has 0 unspecified atom stereocenters. The first-order chi connectivity index (χ1) is 28.4. The Balaban J connectivity index is 0.00000180. The van der Waals surface area contributed by atoms with Crippen LogP contribution < -0.4 is 5.32 Å². The molecule has 3 aliphatic rings. The van der Waals surface area contributed by atoms with Crippen LogP contribution >= 0.6 is 67.5 Å². The van der Waals surface area contributed by atoms with Gasteiger partial charge in [0.1, 0.15) is 17.7 Å². The lowest BCUT2D eigenvalue weighted by atomic mass is 9.80. The Hall–Kier alpha value is -3.74. The summed E-state index contributed by atoms with van der Waals surface area (Å²) in [6, 6.07) is 20.5. The number of ether oxygens (including phenoxy) is 2. The Labute approximate surface area is 410 Å². The van der Waals surface area contributed by atoms with Gasteiger partial charge in [-0.2, -0.15) is 67.5 Å². The van der Waals surface area contributed by atoms with Crippen molar-refractivity contribution in [1.82, 2.24) is 35.1 Å². The number of carbonyl (C=O) groups is 3. The highest BCUT2D eigenvalue weighted by molar-refractivity contribution is 7.60.